The molecule has 0 bridgehead atoms. The first kappa shape index (κ1) is 13.5. The van der Waals surface area contributed by atoms with E-state index in [0.29, 0.717) is 0 Å². The third-order valence-corrected chi connectivity index (χ3v) is 3.70. The Bertz CT molecular complexity index is 400. The Hall–Kier alpha value is -0.890. The molecule has 1 N–H and O–H groups in total. The molecule has 0 amide bonds. The minimum Gasteiger partial charge on any atom is -0.307 e. The molecule has 1 saturated heterocycles. The van der Waals surface area contributed by atoms with E-state index in [1.54, 1.807) is 6.07 Å². The Morgan fingerprint density at radius 2 is 2.06 bits per heavy atom. The molecule has 1 atom stereocenters. The van der Waals surface area contributed by atoms with Gasteiger partial charge in [-0.3, -0.25) is 0 Å². The number of nitrogens with one attached hydrogen (secondary N) is 1. The predicted octanol–water partition coefficient (Wildman–Crippen LogP) is 4.23. The van der Waals surface area contributed by atoms with Crippen molar-refractivity contribution in [2.24, 2.45) is 5.41 Å². The lowest BCUT2D eigenvalue weighted by Gasteiger charge is -2.43. The standard InChI is InChI=1S/C16H24FN/c1-15(2,3)12-16(9-4-5-10-18-16)13-7-6-8-14(17)11-13/h6-8,11,18H,4-5,9-10,12H2,1-3H3. The van der Waals surface area contributed by atoms with E-state index in [-0.39, 0.29) is 16.8 Å². The molecule has 1 unspecified atom stereocenters. The minimum absolute atomic E-state index is 0.0431. The fourth-order valence-electron chi connectivity index (χ4n) is 3.16. The van der Waals surface area contributed by atoms with E-state index in [1.807, 2.05) is 6.07 Å². The van der Waals surface area contributed by atoms with Gasteiger partial charge in [-0.1, -0.05) is 39.3 Å². The fourth-order valence-corrected chi connectivity index (χ4v) is 3.16. The summed E-state index contributed by atoms with van der Waals surface area (Å²) < 4.78 is 13.5. The van der Waals surface area contributed by atoms with Gasteiger partial charge in [0, 0.05) is 5.54 Å². The number of halogens is 1. The third kappa shape index (κ3) is 3.11. The molecule has 2 heteroatoms. The zero-order valence-corrected chi connectivity index (χ0v) is 11.7. The van der Waals surface area contributed by atoms with Gasteiger partial charge in [0.1, 0.15) is 5.82 Å². The lowest BCUT2D eigenvalue weighted by molar-refractivity contribution is 0.168. The highest BCUT2D eigenvalue weighted by atomic mass is 19.1. The zero-order valence-electron chi connectivity index (χ0n) is 11.7. The lowest BCUT2D eigenvalue weighted by atomic mass is 9.72. The van der Waals surface area contributed by atoms with Crippen molar-refractivity contribution in [3.8, 4) is 0 Å². The molecule has 1 aliphatic heterocycles. The lowest BCUT2D eigenvalue weighted by Crippen LogP contribution is -2.48. The summed E-state index contributed by atoms with van der Waals surface area (Å²) in [7, 11) is 0. The zero-order chi connectivity index (χ0) is 13.2. The van der Waals surface area contributed by atoms with Crippen LogP contribution in [0.5, 0.6) is 0 Å². The molecular formula is C16H24FN. The van der Waals surface area contributed by atoms with Gasteiger partial charge in [-0.2, -0.15) is 0 Å². The van der Waals surface area contributed by atoms with Gasteiger partial charge >= 0.3 is 0 Å². The third-order valence-electron chi connectivity index (χ3n) is 3.70. The molecule has 100 valence electrons. The van der Waals surface area contributed by atoms with Crippen LogP contribution >= 0.6 is 0 Å². The van der Waals surface area contributed by atoms with Crippen LogP contribution in [-0.2, 0) is 5.54 Å². The monoisotopic (exact) mass is 249 g/mol. The van der Waals surface area contributed by atoms with Crippen molar-refractivity contribution in [3.63, 3.8) is 0 Å². The summed E-state index contributed by atoms with van der Waals surface area (Å²) in [6, 6.07) is 7.11. The molecule has 2 rings (SSSR count). The first-order valence-electron chi connectivity index (χ1n) is 6.92. The first-order valence-corrected chi connectivity index (χ1v) is 6.92. The Morgan fingerprint density at radius 3 is 2.61 bits per heavy atom. The molecule has 1 fully saturated rings. The minimum atomic E-state index is -0.131. The fraction of sp³-hybridized carbons (Fsp3) is 0.625. The highest BCUT2D eigenvalue weighted by molar-refractivity contribution is 5.26. The van der Waals surface area contributed by atoms with Gasteiger partial charge in [-0.05, 0) is 48.9 Å². The Kier molecular flexibility index (Phi) is 3.76. The van der Waals surface area contributed by atoms with Crippen molar-refractivity contribution in [1.29, 1.82) is 0 Å². The molecule has 18 heavy (non-hydrogen) atoms. The summed E-state index contributed by atoms with van der Waals surface area (Å²) in [5.41, 5.74) is 1.30. The molecule has 1 heterocycles. The van der Waals surface area contributed by atoms with E-state index in [1.165, 1.54) is 18.9 Å². The van der Waals surface area contributed by atoms with Crippen LogP contribution in [0.25, 0.3) is 0 Å². The molecule has 0 radical (unpaired) electrons. The van der Waals surface area contributed by atoms with Crippen LogP contribution in [0.15, 0.2) is 24.3 Å². The topological polar surface area (TPSA) is 12.0 Å². The van der Waals surface area contributed by atoms with Gasteiger partial charge in [0.2, 0.25) is 0 Å². The van der Waals surface area contributed by atoms with E-state index in [4.69, 9.17) is 0 Å². The van der Waals surface area contributed by atoms with E-state index in [9.17, 15) is 4.39 Å². The van der Waals surface area contributed by atoms with Crippen molar-refractivity contribution in [2.75, 3.05) is 6.54 Å². The SMILES string of the molecule is CC(C)(C)CC1(c2cccc(F)c2)CCCCN1. The van der Waals surface area contributed by atoms with Gasteiger partial charge in [-0.25, -0.2) is 4.39 Å². The average molecular weight is 249 g/mol. The maximum Gasteiger partial charge on any atom is 0.123 e. The number of hydrogen-bond donors (Lipinski definition) is 1. The number of rotatable bonds is 2. The van der Waals surface area contributed by atoms with Crippen LogP contribution in [0.3, 0.4) is 0 Å². The highest BCUT2D eigenvalue weighted by Gasteiger charge is 2.37. The number of benzene rings is 1. The van der Waals surface area contributed by atoms with Gasteiger partial charge < -0.3 is 5.32 Å². The molecule has 1 aromatic carbocycles. The van der Waals surface area contributed by atoms with Crippen LogP contribution in [0.1, 0.15) is 52.0 Å². The van der Waals surface area contributed by atoms with Gasteiger partial charge in [0.05, 0.1) is 0 Å². The van der Waals surface area contributed by atoms with Crippen molar-refractivity contribution < 1.29 is 4.39 Å². The maximum absolute atomic E-state index is 13.5. The summed E-state index contributed by atoms with van der Waals surface area (Å²) in [5.74, 6) is -0.131. The molecule has 0 spiro atoms. The van der Waals surface area contributed by atoms with Crippen LogP contribution in [0.4, 0.5) is 4.39 Å². The highest BCUT2D eigenvalue weighted by Crippen LogP contribution is 2.40. The summed E-state index contributed by atoms with van der Waals surface area (Å²) in [4.78, 5) is 0. The van der Waals surface area contributed by atoms with Crippen molar-refractivity contribution in [1.82, 2.24) is 5.32 Å². The van der Waals surface area contributed by atoms with Gasteiger partial charge in [0.15, 0.2) is 0 Å². The second-order valence-corrected chi connectivity index (χ2v) is 6.71. The van der Waals surface area contributed by atoms with E-state index >= 15 is 0 Å². The molecule has 0 aliphatic carbocycles. The summed E-state index contributed by atoms with van der Waals surface area (Å²) in [6.45, 7) is 7.80. The largest absolute Gasteiger partial charge is 0.307 e. The van der Waals surface area contributed by atoms with Crippen molar-refractivity contribution >= 4 is 0 Å². The average Bonchev–Trinajstić information content (AvgIpc) is 2.28. The molecule has 1 nitrogen and oxygen atoms in total. The first-order chi connectivity index (χ1) is 8.41. The molecule has 0 saturated carbocycles. The Labute approximate surface area is 110 Å². The number of hydrogen-bond acceptors (Lipinski definition) is 1. The van der Waals surface area contributed by atoms with Crippen LogP contribution < -0.4 is 5.32 Å². The van der Waals surface area contributed by atoms with E-state index < -0.39 is 0 Å². The second kappa shape index (κ2) is 5.00. The molecule has 1 aromatic rings. The van der Waals surface area contributed by atoms with Gasteiger partial charge in [-0.15, -0.1) is 0 Å². The van der Waals surface area contributed by atoms with Crippen LogP contribution in [0.2, 0.25) is 0 Å². The molecule has 1 aliphatic rings. The smallest absolute Gasteiger partial charge is 0.123 e. The number of piperidine rings is 1. The van der Waals surface area contributed by atoms with Crippen LogP contribution in [-0.4, -0.2) is 6.54 Å². The van der Waals surface area contributed by atoms with Crippen molar-refractivity contribution in [2.45, 2.75) is 52.0 Å². The Balaban J connectivity index is 2.35. The normalized spacial score (nSPS) is 25.1. The van der Waals surface area contributed by atoms with E-state index in [2.05, 4.69) is 32.2 Å². The molecular weight excluding hydrogens is 225 g/mol. The summed E-state index contributed by atoms with van der Waals surface area (Å²) in [5, 5.41) is 3.67. The second-order valence-electron chi connectivity index (χ2n) is 6.71. The van der Waals surface area contributed by atoms with Crippen LogP contribution in [0, 0.1) is 11.2 Å². The van der Waals surface area contributed by atoms with Crippen molar-refractivity contribution in [3.05, 3.63) is 35.6 Å². The Morgan fingerprint density at radius 1 is 1.28 bits per heavy atom. The van der Waals surface area contributed by atoms with Gasteiger partial charge in [0.25, 0.3) is 0 Å². The van der Waals surface area contributed by atoms with E-state index in [0.717, 1.165) is 24.9 Å². The maximum atomic E-state index is 13.5. The summed E-state index contributed by atoms with van der Waals surface area (Å²) >= 11 is 0. The summed E-state index contributed by atoms with van der Waals surface area (Å²) in [6.07, 6.45) is 4.60. The molecule has 0 aromatic heterocycles. The predicted molar refractivity (Wildman–Crippen MR) is 74.0 cm³/mol. The quantitative estimate of drug-likeness (QED) is 0.827.